The van der Waals surface area contributed by atoms with E-state index in [2.05, 4.69) is 46.9 Å². The molecular formula is C22H24N4O. The van der Waals surface area contributed by atoms with Gasteiger partial charge in [-0.05, 0) is 24.5 Å². The first-order valence-corrected chi connectivity index (χ1v) is 9.40. The quantitative estimate of drug-likeness (QED) is 0.727. The minimum atomic E-state index is -0.0742. The molecule has 1 amide bonds. The molecule has 5 heteroatoms. The second-order valence-corrected chi connectivity index (χ2v) is 6.98. The highest BCUT2D eigenvalue weighted by molar-refractivity contribution is 6.00. The zero-order valence-corrected chi connectivity index (χ0v) is 15.7. The second kappa shape index (κ2) is 7.27. The predicted octanol–water partition coefficient (Wildman–Crippen LogP) is 3.85. The Hall–Kier alpha value is -3.08. The van der Waals surface area contributed by atoms with E-state index in [0.29, 0.717) is 12.1 Å². The number of hydrogen-bond acceptors (Lipinski definition) is 3. The van der Waals surface area contributed by atoms with E-state index in [9.17, 15) is 4.79 Å². The molecule has 1 unspecified atom stereocenters. The van der Waals surface area contributed by atoms with Crippen LogP contribution in [0.4, 0.5) is 5.82 Å². The number of nitrogens with zero attached hydrogens (tertiary/aromatic N) is 2. The maximum atomic E-state index is 12.9. The number of aromatic nitrogens is 2. The Balaban J connectivity index is 1.53. The summed E-state index contributed by atoms with van der Waals surface area (Å²) in [6.45, 7) is 5.33. The SMILES string of the molecule is CCc1nn2c(c1C(=O)NCc1ccc(C)cc1)NC(c1ccccc1)C2. The van der Waals surface area contributed by atoms with Crippen LogP contribution in [0.5, 0.6) is 0 Å². The van der Waals surface area contributed by atoms with Gasteiger partial charge in [-0.2, -0.15) is 5.10 Å². The van der Waals surface area contributed by atoms with Crippen LogP contribution in [-0.2, 0) is 19.5 Å². The molecule has 3 aromatic rings. The van der Waals surface area contributed by atoms with Crippen molar-refractivity contribution in [3.63, 3.8) is 0 Å². The molecule has 1 aliphatic heterocycles. The Labute approximate surface area is 159 Å². The minimum Gasteiger partial charge on any atom is -0.361 e. The lowest BCUT2D eigenvalue weighted by atomic mass is 10.1. The van der Waals surface area contributed by atoms with E-state index in [-0.39, 0.29) is 11.9 Å². The summed E-state index contributed by atoms with van der Waals surface area (Å²) in [6, 6.07) is 18.6. The maximum absolute atomic E-state index is 12.9. The van der Waals surface area contributed by atoms with Gasteiger partial charge in [0.1, 0.15) is 11.4 Å². The molecule has 0 bridgehead atoms. The van der Waals surface area contributed by atoms with Crippen LogP contribution >= 0.6 is 0 Å². The number of fused-ring (bicyclic) bond motifs is 1. The summed E-state index contributed by atoms with van der Waals surface area (Å²) in [5.74, 6) is 0.747. The molecule has 2 aromatic carbocycles. The molecular weight excluding hydrogens is 336 g/mol. The van der Waals surface area contributed by atoms with E-state index in [0.717, 1.165) is 30.0 Å². The molecule has 0 saturated heterocycles. The largest absolute Gasteiger partial charge is 0.361 e. The van der Waals surface area contributed by atoms with Gasteiger partial charge < -0.3 is 10.6 Å². The molecule has 0 radical (unpaired) electrons. The van der Waals surface area contributed by atoms with Crippen molar-refractivity contribution in [1.82, 2.24) is 15.1 Å². The van der Waals surface area contributed by atoms with Crippen molar-refractivity contribution < 1.29 is 4.79 Å². The van der Waals surface area contributed by atoms with Crippen molar-refractivity contribution in [2.24, 2.45) is 0 Å². The summed E-state index contributed by atoms with van der Waals surface area (Å²) in [5.41, 5.74) is 5.01. The molecule has 0 spiro atoms. The van der Waals surface area contributed by atoms with Crippen molar-refractivity contribution in [2.75, 3.05) is 5.32 Å². The third kappa shape index (κ3) is 3.45. The number of amides is 1. The molecule has 27 heavy (non-hydrogen) atoms. The van der Waals surface area contributed by atoms with Crippen LogP contribution in [0.15, 0.2) is 54.6 Å². The van der Waals surface area contributed by atoms with Gasteiger partial charge in [0.15, 0.2) is 0 Å². The Bertz CT molecular complexity index is 944. The van der Waals surface area contributed by atoms with Gasteiger partial charge >= 0.3 is 0 Å². The fraction of sp³-hybridized carbons (Fsp3) is 0.273. The van der Waals surface area contributed by atoms with E-state index in [4.69, 9.17) is 0 Å². The lowest BCUT2D eigenvalue weighted by Crippen LogP contribution is -2.24. The standard InChI is InChI=1S/C22H24N4O/c1-3-18-20(22(27)23-13-16-11-9-15(2)10-12-16)21-24-19(14-26(21)25-18)17-7-5-4-6-8-17/h4-12,19,24H,3,13-14H2,1-2H3,(H,23,27). The Kier molecular flexibility index (Phi) is 4.67. The van der Waals surface area contributed by atoms with Gasteiger partial charge in [-0.1, -0.05) is 67.1 Å². The van der Waals surface area contributed by atoms with E-state index in [1.54, 1.807) is 0 Å². The monoisotopic (exact) mass is 360 g/mol. The molecule has 2 N–H and O–H groups in total. The number of anilines is 1. The molecule has 4 rings (SSSR count). The van der Waals surface area contributed by atoms with Crippen molar-refractivity contribution in [1.29, 1.82) is 0 Å². The fourth-order valence-corrected chi connectivity index (χ4v) is 3.51. The van der Waals surface area contributed by atoms with Gasteiger partial charge in [0, 0.05) is 6.54 Å². The van der Waals surface area contributed by atoms with Crippen LogP contribution in [0.25, 0.3) is 0 Å². The maximum Gasteiger partial charge on any atom is 0.257 e. The number of rotatable bonds is 5. The lowest BCUT2D eigenvalue weighted by Gasteiger charge is -2.12. The van der Waals surface area contributed by atoms with Crippen molar-refractivity contribution in [2.45, 2.75) is 39.4 Å². The predicted molar refractivity (Wildman–Crippen MR) is 107 cm³/mol. The molecule has 1 atom stereocenters. The molecule has 1 aliphatic rings. The van der Waals surface area contributed by atoms with Gasteiger partial charge in [-0.3, -0.25) is 4.79 Å². The highest BCUT2D eigenvalue weighted by Crippen LogP contribution is 2.33. The summed E-state index contributed by atoms with van der Waals surface area (Å²) in [4.78, 5) is 12.9. The third-order valence-electron chi connectivity index (χ3n) is 5.03. The number of aryl methyl sites for hydroxylation is 2. The normalized spacial score (nSPS) is 15.3. The van der Waals surface area contributed by atoms with Crippen molar-refractivity contribution in [3.05, 3.63) is 82.5 Å². The first-order chi connectivity index (χ1) is 13.2. The number of carbonyl (C=O) groups excluding carboxylic acids is 1. The van der Waals surface area contributed by atoms with Gasteiger partial charge in [-0.15, -0.1) is 0 Å². The molecule has 5 nitrogen and oxygen atoms in total. The van der Waals surface area contributed by atoms with Crippen molar-refractivity contribution >= 4 is 11.7 Å². The molecule has 0 fully saturated rings. The van der Waals surface area contributed by atoms with E-state index < -0.39 is 0 Å². The minimum absolute atomic E-state index is 0.0742. The molecule has 2 heterocycles. The van der Waals surface area contributed by atoms with E-state index in [1.165, 1.54) is 11.1 Å². The summed E-state index contributed by atoms with van der Waals surface area (Å²) < 4.78 is 1.93. The smallest absolute Gasteiger partial charge is 0.257 e. The number of benzene rings is 2. The first-order valence-electron chi connectivity index (χ1n) is 9.40. The van der Waals surface area contributed by atoms with Gasteiger partial charge in [0.2, 0.25) is 0 Å². The molecule has 0 saturated carbocycles. The number of carbonyl (C=O) groups is 1. The number of nitrogens with one attached hydrogen (secondary N) is 2. The van der Waals surface area contributed by atoms with Crippen LogP contribution in [-0.4, -0.2) is 15.7 Å². The summed E-state index contributed by atoms with van der Waals surface area (Å²) in [7, 11) is 0. The first kappa shape index (κ1) is 17.3. The Morgan fingerprint density at radius 2 is 1.93 bits per heavy atom. The lowest BCUT2D eigenvalue weighted by molar-refractivity contribution is 0.0951. The zero-order chi connectivity index (χ0) is 18.8. The second-order valence-electron chi connectivity index (χ2n) is 6.98. The Morgan fingerprint density at radius 3 is 2.63 bits per heavy atom. The summed E-state index contributed by atoms with van der Waals surface area (Å²) in [6.07, 6.45) is 0.727. The average Bonchev–Trinajstić information content (AvgIpc) is 3.25. The van der Waals surface area contributed by atoms with Crippen LogP contribution in [0.1, 0.15) is 45.7 Å². The molecule has 1 aromatic heterocycles. The molecule has 138 valence electrons. The van der Waals surface area contributed by atoms with E-state index >= 15 is 0 Å². The summed E-state index contributed by atoms with van der Waals surface area (Å²) in [5, 5.41) is 11.2. The molecule has 0 aliphatic carbocycles. The van der Waals surface area contributed by atoms with Gasteiger partial charge in [0.25, 0.3) is 5.91 Å². The van der Waals surface area contributed by atoms with Crippen LogP contribution in [0.2, 0.25) is 0 Å². The average molecular weight is 360 g/mol. The van der Waals surface area contributed by atoms with Crippen LogP contribution in [0.3, 0.4) is 0 Å². The number of hydrogen-bond donors (Lipinski definition) is 2. The summed E-state index contributed by atoms with van der Waals surface area (Å²) >= 11 is 0. The highest BCUT2D eigenvalue weighted by atomic mass is 16.1. The van der Waals surface area contributed by atoms with Crippen LogP contribution in [0, 0.1) is 6.92 Å². The third-order valence-corrected chi connectivity index (χ3v) is 5.03. The van der Waals surface area contributed by atoms with Crippen LogP contribution < -0.4 is 10.6 Å². The highest BCUT2D eigenvalue weighted by Gasteiger charge is 2.30. The topological polar surface area (TPSA) is 59.0 Å². The Morgan fingerprint density at radius 1 is 1.19 bits per heavy atom. The fourth-order valence-electron chi connectivity index (χ4n) is 3.51. The van der Waals surface area contributed by atoms with Crippen molar-refractivity contribution in [3.8, 4) is 0 Å². The zero-order valence-electron chi connectivity index (χ0n) is 15.7. The van der Waals surface area contributed by atoms with Gasteiger partial charge in [-0.25, -0.2) is 4.68 Å². The van der Waals surface area contributed by atoms with Gasteiger partial charge in [0.05, 0.1) is 18.3 Å². The van der Waals surface area contributed by atoms with E-state index in [1.807, 2.05) is 41.9 Å².